The van der Waals surface area contributed by atoms with Crippen LogP contribution in [0, 0.1) is 5.82 Å². The molecule has 0 bridgehead atoms. The summed E-state index contributed by atoms with van der Waals surface area (Å²) in [6.45, 7) is 2.74. The van der Waals surface area contributed by atoms with Crippen molar-refractivity contribution in [1.29, 1.82) is 0 Å². The van der Waals surface area contributed by atoms with Crippen molar-refractivity contribution < 1.29 is 9.13 Å². The average Bonchev–Trinajstić information content (AvgIpc) is 2.46. The lowest BCUT2D eigenvalue weighted by atomic mass is 9.98. The van der Waals surface area contributed by atoms with Gasteiger partial charge < -0.3 is 10.1 Å². The van der Waals surface area contributed by atoms with Crippen LogP contribution in [0.5, 0.6) is 5.75 Å². The maximum atomic E-state index is 13.6. The van der Waals surface area contributed by atoms with Crippen LogP contribution in [0.25, 0.3) is 0 Å². The minimum atomic E-state index is -0.390. The minimum absolute atomic E-state index is 0.158. The topological polar surface area (TPSA) is 21.3 Å². The Bertz CT molecular complexity index is 634. The molecule has 1 N–H and O–H groups in total. The summed E-state index contributed by atoms with van der Waals surface area (Å²) in [4.78, 5) is 0. The first-order valence-electron chi connectivity index (χ1n) is 6.58. The van der Waals surface area contributed by atoms with Gasteiger partial charge in [0.05, 0.1) is 13.2 Å². The normalized spacial score (nSPS) is 12.2. The first-order valence-corrected chi connectivity index (χ1v) is 7.34. The van der Waals surface area contributed by atoms with Gasteiger partial charge in [-0.2, -0.15) is 0 Å². The smallest absolute Gasteiger partial charge is 0.165 e. The summed E-state index contributed by atoms with van der Waals surface area (Å²) in [5.74, 6) is -0.181. The molecule has 112 valence electrons. The first kappa shape index (κ1) is 16.1. The highest BCUT2D eigenvalue weighted by molar-refractivity contribution is 6.35. The molecule has 0 saturated carbocycles. The second-order valence-corrected chi connectivity index (χ2v) is 5.39. The molecule has 5 heteroatoms. The maximum Gasteiger partial charge on any atom is 0.165 e. The van der Waals surface area contributed by atoms with Gasteiger partial charge in [-0.25, -0.2) is 4.39 Å². The third-order valence-electron chi connectivity index (χ3n) is 3.19. The van der Waals surface area contributed by atoms with Crippen molar-refractivity contribution in [1.82, 2.24) is 5.32 Å². The molecule has 0 heterocycles. The molecule has 0 amide bonds. The Morgan fingerprint density at radius 1 is 1.19 bits per heavy atom. The van der Waals surface area contributed by atoms with Gasteiger partial charge in [0.15, 0.2) is 11.6 Å². The molecule has 1 unspecified atom stereocenters. The van der Waals surface area contributed by atoms with Crippen molar-refractivity contribution in [3.63, 3.8) is 0 Å². The molecule has 0 aromatic heterocycles. The van der Waals surface area contributed by atoms with Crippen LogP contribution in [-0.4, -0.2) is 13.7 Å². The highest BCUT2D eigenvalue weighted by Gasteiger charge is 2.18. The molecule has 0 fully saturated rings. The van der Waals surface area contributed by atoms with E-state index in [-0.39, 0.29) is 11.8 Å². The molecular weight excluding hydrogens is 312 g/mol. The monoisotopic (exact) mass is 327 g/mol. The lowest BCUT2D eigenvalue weighted by Crippen LogP contribution is -2.22. The van der Waals surface area contributed by atoms with E-state index in [9.17, 15) is 4.39 Å². The number of methoxy groups -OCH3 is 1. The molecule has 0 spiro atoms. The summed E-state index contributed by atoms with van der Waals surface area (Å²) in [6, 6.07) is 9.98. The van der Waals surface area contributed by atoms with Crippen LogP contribution >= 0.6 is 23.2 Å². The highest BCUT2D eigenvalue weighted by Crippen LogP contribution is 2.32. The Morgan fingerprint density at radius 3 is 2.57 bits per heavy atom. The summed E-state index contributed by atoms with van der Waals surface area (Å²) < 4.78 is 18.6. The van der Waals surface area contributed by atoms with Crippen LogP contribution in [0.3, 0.4) is 0 Å². The fourth-order valence-corrected chi connectivity index (χ4v) is 2.72. The number of hydrogen-bond acceptors (Lipinski definition) is 2. The van der Waals surface area contributed by atoms with Gasteiger partial charge in [0, 0.05) is 10.0 Å². The SMILES string of the molecule is CCNC(c1ccc(F)c(OC)c1)c1ccc(Cl)cc1Cl. The van der Waals surface area contributed by atoms with Gasteiger partial charge in [0.25, 0.3) is 0 Å². The first-order chi connectivity index (χ1) is 10.1. The zero-order valence-electron chi connectivity index (χ0n) is 11.8. The number of nitrogens with one attached hydrogen (secondary N) is 1. The Labute approximate surface area is 133 Å². The van der Waals surface area contributed by atoms with E-state index in [0.29, 0.717) is 10.0 Å². The predicted molar refractivity (Wildman–Crippen MR) is 84.9 cm³/mol. The molecule has 0 aliphatic rings. The van der Waals surface area contributed by atoms with Crippen LogP contribution < -0.4 is 10.1 Å². The van der Waals surface area contributed by atoms with Crippen LogP contribution in [0.15, 0.2) is 36.4 Å². The van der Waals surface area contributed by atoms with Crippen molar-refractivity contribution >= 4 is 23.2 Å². The molecule has 2 nitrogen and oxygen atoms in total. The van der Waals surface area contributed by atoms with E-state index in [1.54, 1.807) is 24.3 Å². The number of hydrogen-bond donors (Lipinski definition) is 1. The van der Waals surface area contributed by atoms with Gasteiger partial charge in [-0.05, 0) is 41.9 Å². The lowest BCUT2D eigenvalue weighted by Gasteiger charge is -2.21. The standard InChI is InChI=1S/C16H16Cl2FNO/c1-3-20-16(12-6-5-11(17)9-13(12)18)10-4-7-14(19)15(8-10)21-2/h4-9,16,20H,3H2,1-2H3. The van der Waals surface area contributed by atoms with Gasteiger partial charge in [-0.3, -0.25) is 0 Å². The molecule has 21 heavy (non-hydrogen) atoms. The quantitative estimate of drug-likeness (QED) is 0.848. The number of halogens is 3. The number of benzene rings is 2. The fourth-order valence-electron chi connectivity index (χ4n) is 2.20. The van der Waals surface area contributed by atoms with E-state index in [0.717, 1.165) is 17.7 Å². The zero-order valence-corrected chi connectivity index (χ0v) is 13.3. The van der Waals surface area contributed by atoms with Crippen LogP contribution in [0.1, 0.15) is 24.1 Å². The van der Waals surface area contributed by atoms with E-state index < -0.39 is 5.82 Å². The Kier molecular flexibility index (Phi) is 5.45. The van der Waals surface area contributed by atoms with Gasteiger partial charge >= 0.3 is 0 Å². The molecular formula is C16H16Cl2FNO. The molecule has 2 aromatic carbocycles. The zero-order chi connectivity index (χ0) is 15.4. The average molecular weight is 328 g/mol. The Morgan fingerprint density at radius 2 is 1.95 bits per heavy atom. The summed E-state index contributed by atoms with van der Waals surface area (Å²) >= 11 is 12.2. The van der Waals surface area contributed by atoms with Crippen molar-refractivity contribution in [3.8, 4) is 5.75 Å². The van der Waals surface area contributed by atoms with Crippen molar-refractivity contribution in [2.45, 2.75) is 13.0 Å². The van der Waals surface area contributed by atoms with E-state index >= 15 is 0 Å². The Balaban J connectivity index is 2.47. The van der Waals surface area contributed by atoms with E-state index in [4.69, 9.17) is 27.9 Å². The molecule has 2 rings (SSSR count). The number of ether oxygens (including phenoxy) is 1. The van der Waals surface area contributed by atoms with E-state index in [2.05, 4.69) is 5.32 Å². The third-order valence-corrected chi connectivity index (χ3v) is 3.75. The van der Waals surface area contributed by atoms with E-state index in [1.807, 2.05) is 13.0 Å². The van der Waals surface area contributed by atoms with Crippen LogP contribution in [-0.2, 0) is 0 Å². The van der Waals surface area contributed by atoms with Gasteiger partial charge in [0.2, 0.25) is 0 Å². The predicted octanol–water partition coefficient (Wildman–Crippen LogP) is 4.84. The van der Waals surface area contributed by atoms with Crippen molar-refractivity contribution in [2.75, 3.05) is 13.7 Å². The molecule has 0 aliphatic heterocycles. The number of rotatable bonds is 5. The largest absolute Gasteiger partial charge is 0.494 e. The second kappa shape index (κ2) is 7.12. The van der Waals surface area contributed by atoms with Crippen LogP contribution in [0.2, 0.25) is 10.0 Å². The Hall–Kier alpha value is -1.29. The summed E-state index contributed by atoms with van der Waals surface area (Å²) in [6.07, 6.45) is 0. The molecule has 0 aliphatic carbocycles. The maximum absolute atomic E-state index is 13.6. The highest BCUT2D eigenvalue weighted by atomic mass is 35.5. The van der Waals surface area contributed by atoms with Crippen molar-refractivity contribution in [2.24, 2.45) is 0 Å². The molecule has 0 saturated heterocycles. The van der Waals surface area contributed by atoms with Gasteiger partial charge in [0.1, 0.15) is 0 Å². The summed E-state index contributed by atoms with van der Waals surface area (Å²) in [5.41, 5.74) is 1.76. The minimum Gasteiger partial charge on any atom is -0.494 e. The molecule has 2 aromatic rings. The van der Waals surface area contributed by atoms with Crippen molar-refractivity contribution in [3.05, 3.63) is 63.4 Å². The van der Waals surface area contributed by atoms with Gasteiger partial charge in [-0.1, -0.05) is 42.3 Å². The summed E-state index contributed by atoms with van der Waals surface area (Å²) in [7, 11) is 1.44. The van der Waals surface area contributed by atoms with Gasteiger partial charge in [-0.15, -0.1) is 0 Å². The van der Waals surface area contributed by atoms with Crippen LogP contribution in [0.4, 0.5) is 4.39 Å². The summed E-state index contributed by atoms with van der Waals surface area (Å²) in [5, 5.41) is 4.49. The molecule has 0 radical (unpaired) electrons. The van der Waals surface area contributed by atoms with E-state index in [1.165, 1.54) is 13.2 Å². The third kappa shape index (κ3) is 3.67. The molecule has 1 atom stereocenters. The lowest BCUT2D eigenvalue weighted by molar-refractivity contribution is 0.385. The second-order valence-electron chi connectivity index (χ2n) is 4.55. The fraction of sp³-hybridized carbons (Fsp3) is 0.250.